The Morgan fingerprint density at radius 3 is 2.71 bits per heavy atom. The summed E-state index contributed by atoms with van der Waals surface area (Å²) in [6.07, 6.45) is 0.298. The third-order valence-corrected chi connectivity index (χ3v) is 6.38. The van der Waals surface area contributed by atoms with Crippen molar-refractivity contribution < 1.29 is 12.9 Å². The number of anilines is 1. The van der Waals surface area contributed by atoms with E-state index >= 15 is 0 Å². The number of aromatic nitrogens is 2. The van der Waals surface area contributed by atoms with Gasteiger partial charge >= 0.3 is 0 Å². The van der Waals surface area contributed by atoms with E-state index in [-0.39, 0.29) is 4.90 Å². The molecule has 4 rings (SSSR count). The van der Waals surface area contributed by atoms with Crippen LogP contribution in [0.15, 0.2) is 75.5 Å². The number of halogens is 1. The molecule has 2 heterocycles. The molecule has 0 amide bonds. The lowest BCUT2D eigenvalue weighted by molar-refractivity contribution is 0.386. The standard InChI is InChI=1S/C19H14ClN3O3S2/c20-14-6-3-7-15(12-14)28(24,25)23-16-8-2-1-5-13(16)11-18-21-19(22-26-18)17-9-4-10-27-17/h1-10,12,23H,11H2. The summed E-state index contributed by atoms with van der Waals surface area (Å²) < 4.78 is 33.3. The van der Waals surface area contributed by atoms with E-state index in [1.807, 2.05) is 29.6 Å². The molecule has 0 radical (unpaired) electrons. The molecule has 2 aromatic carbocycles. The van der Waals surface area contributed by atoms with Gasteiger partial charge in [0.2, 0.25) is 11.7 Å². The van der Waals surface area contributed by atoms with Crippen LogP contribution in [0.3, 0.4) is 0 Å². The molecule has 9 heteroatoms. The number of benzene rings is 2. The summed E-state index contributed by atoms with van der Waals surface area (Å²) in [5.74, 6) is 0.916. The Kier molecular flexibility index (Phi) is 5.17. The number of nitrogens with zero attached hydrogens (tertiary/aromatic N) is 2. The molecular formula is C19H14ClN3O3S2. The number of sulfonamides is 1. The van der Waals surface area contributed by atoms with Crippen LogP contribution in [-0.4, -0.2) is 18.6 Å². The highest BCUT2D eigenvalue weighted by Crippen LogP contribution is 2.25. The van der Waals surface area contributed by atoms with E-state index in [4.69, 9.17) is 16.1 Å². The van der Waals surface area contributed by atoms with Crippen molar-refractivity contribution in [1.82, 2.24) is 10.1 Å². The summed E-state index contributed by atoms with van der Waals surface area (Å²) in [7, 11) is -3.78. The zero-order valence-corrected chi connectivity index (χ0v) is 16.8. The largest absolute Gasteiger partial charge is 0.339 e. The normalized spacial score (nSPS) is 11.5. The molecular weight excluding hydrogens is 418 g/mol. The van der Waals surface area contributed by atoms with Gasteiger partial charge in [0, 0.05) is 5.02 Å². The molecule has 0 spiro atoms. The van der Waals surface area contributed by atoms with Gasteiger partial charge in [-0.3, -0.25) is 4.72 Å². The molecule has 0 saturated heterocycles. The molecule has 0 unspecified atom stereocenters. The van der Waals surface area contributed by atoms with E-state index in [2.05, 4.69) is 14.9 Å². The fraction of sp³-hybridized carbons (Fsp3) is 0.0526. The molecule has 0 saturated carbocycles. The van der Waals surface area contributed by atoms with E-state index in [0.717, 1.165) is 10.4 Å². The van der Waals surface area contributed by atoms with E-state index in [9.17, 15) is 8.42 Å². The van der Waals surface area contributed by atoms with Gasteiger partial charge in [0.15, 0.2) is 0 Å². The smallest absolute Gasteiger partial charge is 0.261 e. The molecule has 1 N–H and O–H groups in total. The van der Waals surface area contributed by atoms with Crippen molar-refractivity contribution in [3.05, 3.63) is 82.5 Å². The summed E-state index contributed by atoms with van der Waals surface area (Å²) in [6.45, 7) is 0. The zero-order valence-electron chi connectivity index (χ0n) is 14.4. The van der Waals surface area contributed by atoms with E-state index in [1.54, 1.807) is 24.3 Å². The summed E-state index contributed by atoms with van der Waals surface area (Å²) in [5, 5.41) is 6.27. The molecule has 0 aliphatic carbocycles. The van der Waals surface area contributed by atoms with E-state index in [0.29, 0.717) is 28.8 Å². The molecule has 0 fully saturated rings. The van der Waals surface area contributed by atoms with Crippen LogP contribution in [0.5, 0.6) is 0 Å². The van der Waals surface area contributed by atoms with Gasteiger partial charge in [0.1, 0.15) is 0 Å². The summed E-state index contributed by atoms with van der Waals surface area (Å²) in [6, 6.07) is 17.0. The van der Waals surface area contributed by atoms with Gasteiger partial charge in [-0.15, -0.1) is 11.3 Å². The van der Waals surface area contributed by atoms with Gasteiger partial charge in [-0.05, 0) is 41.3 Å². The van der Waals surface area contributed by atoms with Gasteiger partial charge in [-0.1, -0.05) is 47.1 Å². The number of hydrogen-bond donors (Lipinski definition) is 1. The van der Waals surface area contributed by atoms with Gasteiger partial charge in [-0.2, -0.15) is 4.98 Å². The third-order valence-electron chi connectivity index (χ3n) is 3.92. The quantitative estimate of drug-likeness (QED) is 0.472. The highest BCUT2D eigenvalue weighted by Gasteiger charge is 2.18. The van der Waals surface area contributed by atoms with Crippen LogP contribution in [0, 0.1) is 0 Å². The molecule has 142 valence electrons. The molecule has 6 nitrogen and oxygen atoms in total. The second kappa shape index (κ2) is 7.75. The van der Waals surface area contributed by atoms with Crippen molar-refractivity contribution in [2.75, 3.05) is 4.72 Å². The van der Waals surface area contributed by atoms with Crippen LogP contribution >= 0.6 is 22.9 Å². The van der Waals surface area contributed by atoms with Crippen molar-refractivity contribution in [2.24, 2.45) is 0 Å². The first-order chi connectivity index (χ1) is 13.5. The molecule has 2 aromatic heterocycles. The Morgan fingerprint density at radius 1 is 1.07 bits per heavy atom. The van der Waals surface area contributed by atoms with Crippen molar-refractivity contribution >= 4 is 38.6 Å². The van der Waals surface area contributed by atoms with Crippen molar-refractivity contribution in [1.29, 1.82) is 0 Å². The number of thiophene rings is 1. The van der Waals surface area contributed by atoms with Crippen LogP contribution in [-0.2, 0) is 16.4 Å². The predicted molar refractivity (Wildman–Crippen MR) is 109 cm³/mol. The molecule has 0 aliphatic rings. The van der Waals surface area contributed by atoms with Gasteiger partial charge in [0.05, 0.1) is 21.9 Å². The monoisotopic (exact) mass is 431 g/mol. The Bertz CT molecular complexity index is 1200. The van der Waals surface area contributed by atoms with Crippen molar-refractivity contribution in [3.63, 3.8) is 0 Å². The van der Waals surface area contributed by atoms with Crippen LogP contribution in [0.25, 0.3) is 10.7 Å². The minimum absolute atomic E-state index is 0.0903. The highest BCUT2D eigenvalue weighted by molar-refractivity contribution is 7.92. The molecule has 0 bridgehead atoms. The molecule has 4 aromatic rings. The van der Waals surface area contributed by atoms with Crippen LogP contribution in [0.2, 0.25) is 5.02 Å². The topological polar surface area (TPSA) is 85.1 Å². The number of para-hydroxylation sites is 1. The molecule has 28 heavy (non-hydrogen) atoms. The number of rotatable bonds is 6. The van der Waals surface area contributed by atoms with Crippen LogP contribution in [0.4, 0.5) is 5.69 Å². The second-order valence-corrected chi connectivity index (χ2v) is 8.95. The van der Waals surface area contributed by atoms with Crippen molar-refractivity contribution in [2.45, 2.75) is 11.3 Å². The Balaban J connectivity index is 1.59. The van der Waals surface area contributed by atoms with Gasteiger partial charge < -0.3 is 4.52 Å². The summed E-state index contributed by atoms with van der Waals surface area (Å²) >= 11 is 7.44. The Morgan fingerprint density at radius 2 is 1.93 bits per heavy atom. The Hall–Kier alpha value is -2.68. The fourth-order valence-corrected chi connectivity index (χ4v) is 4.66. The number of hydrogen-bond acceptors (Lipinski definition) is 6. The van der Waals surface area contributed by atoms with Gasteiger partial charge in [-0.25, -0.2) is 8.42 Å². The maximum absolute atomic E-state index is 12.7. The average Bonchev–Trinajstić information content (AvgIpc) is 3.35. The van der Waals surface area contributed by atoms with Gasteiger partial charge in [0.25, 0.3) is 10.0 Å². The molecule has 0 atom stereocenters. The lowest BCUT2D eigenvalue weighted by Crippen LogP contribution is -2.14. The second-order valence-electron chi connectivity index (χ2n) is 5.89. The maximum atomic E-state index is 12.7. The highest BCUT2D eigenvalue weighted by atomic mass is 35.5. The van der Waals surface area contributed by atoms with E-state index < -0.39 is 10.0 Å². The molecule has 0 aliphatic heterocycles. The first-order valence-electron chi connectivity index (χ1n) is 8.24. The van der Waals surface area contributed by atoms with Crippen LogP contribution < -0.4 is 4.72 Å². The SMILES string of the molecule is O=S(=O)(Nc1ccccc1Cc1nc(-c2cccs2)no1)c1cccc(Cl)c1. The third kappa shape index (κ3) is 4.09. The lowest BCUT2D eigenvalue weighted by atomic mass is 10.1. The fourth-order valence-electron chi connectivity index (χ4n) is 2.61. The summed E-state index contributed by atoms with van der Waals surface area (Å²) in [5.41, 5.74) is 1.16. The Labute approximate surface area is 170 Å². The first-order valence-corrected chi connectivity index (χ1v) is 11.0. The predicted octanol–water partition coefficient (Wildman–Crippen LogP) is 4.84. The first kappa shape index (κ1) is 18.7. The minimum Gasteiger partial charge on any atom is -0.339 e. The van der Waals surface area contributed by atoms with Crippen molar-refractivity contribution in [3.8, 4) is 10.7 Å². The number of nitrogens with one attached hydrogen (secondary N) is 1. The summed E-state index contributed by atoms with van der Waals surface area (Å²) in [4.78, 5) is 5.39. The maximum Gasteiger partial charge on any atom is 0.261 e. The minimum atomic E-state index is -3.78. The van der Waals surface area contributed by atoms with Crippen LogP contribution in [0.1, 0.15) is 11.5 Å². The lowest BCUT2D eigenvalue weighted by Gasteiger charge is -2.12. The zero-order chi connectivity index (χ0) is 19.6. The van der Waals surface area contributed by atoms with E-state index in [1.165, 1.54) is 23.5 Å². The average molecular weight is 432 g/mol.